The normalized spacial score (nSPS) is 27.8. The van der Waals surface area contributed by atoms with Crippen LogP contribution in [0.5, 0.6) is 5.75 Å². The molecular weight excluding hydrogens is 582 g/mol. The zero-order valence-electron chi connectivity index (χ0n) is 25.1. The summed E-state index contributed by atoms with van der Waals surface area (Å²) >= 11 is 6.99. The van der Waals surface area contributed by atoms with Crippen molar-refractivity contribution in [1.29, 1.82) is 0 Å². The molecule has 2 aromatic rings. The first kappa shape index (κ1) is 30.4. The van der Waals surface area contributed by atoms with Gasteiger partial charge in [0.15, 0.2) is 11.6 Å². The molecule has 1 fully saturated rings. The molecular formula is C34H38ClN3O6. The highest BCUT2D eigenvalue weighted by molar-refractivity contribution is 6.33. The molecule has 0 unspecified atom stereocenters. The van der Waals surface area contributed by atoms with Crippen molar-refractivity contribution in [2.24, 2.45) is 23.0 Å². The highest BCUT2D eigenvalue weighted by Gasteiger charge is 2.61. The summed E-state index contributed by atoms with van der Waals surface area (Å²) in [5, 5.41) is 34.3. The Kier molecular flexibility index (Phi) is 7.63. The fourth-order valence-corrected chi connectivity index (χ4v) is 8.44. The summed E-state index contributed by atoms with van der Waals surface area (Å²) in [5.41, 5.74) is 5.93. The fraction of sp³-hybridized carbons (Fsp3) is 0.441. The summed E-state index contributed by atoms with van der Waals surface area (Å²) < 4.78 is 0. The maximum Gasteiger partial charge on any atom is 0.255 e. The number of piperidine rings is 1. The molecule has 2 aromatic carbocycles. The number of likely N-dealkylation sites (N-methyl/N-ethyl adjacent to an activating group) is 1. The number of aliphatic hydroxyl groups excluding tert-OH is 2. The van der Waals surface area contributed by atoms with Crippen LogP contribution in [0.3, 0.4) is 0 Å². The molecule has 1 saturated heterocycles. The van der Waals surface area contributed by atoms with Gasteiger partial charge in [-0.05, 0) is 94.4 Å². The number of likely N-dealkylation sites (tertiary alicyclic amines) is 1. The summed E-state index contributed by atoms with van der Waals surface area (Å²) in [6.45, 7) is 3.77. The molecule has 0 radical (unpaired) electrons. The van der Waals surface area contributed by atoms with Gasteiger partial charge in [0, 0.05) is 23.1 Å². The zero-order valence-corrected chi connectivity index (χ0v) is 25.9. The molecule has 6 rings (SSSR count). The molecule has 1 amide bonds. The molecule has 44 heavy (non-hydrogen) atoms. The molecule has 0 bridgehead atoms. The average molecular weight is 620 g/mol. The third kappa shape index (κ3) is 4.55. The van der Waals surface area contributed by atoms with Gasteiger partial charge in [-0.2, -0.15) is 0 Å². The van der Waals surface area contributed by atoms with Crippen LogP contribution in [0.25, 0.3) is 0 Å². The number of Topliss-reactive ketones (excluding diaryl/α,β-unsaturated/α-hetero) is 2. The van der Waals surface area contributed by atoms with Crippen LogP contribution in [0, 0.1) is 17.3 Å². The molecule has 0 aromatic heterocycles. The second-order valence-corrected chi connectivity index (χ2v) is 13.5. The van der Waals surface area contributed by atoms with Crippen molar-refractivity contribution in [1.82, 2.24) is 9.80 Å². The van der Waals surface area contributed by atoms with E-state index in [4.69, 9.17) is 17.3 Å². The van der Waals surface area contributed by atoms with Crippen LogP contribution in [0.15, 0.2) is 59.1 Å². The number of halogens is 1. The summed E-state index contributed by atoms with van der Waals surface area (Å²) in [6.07, 6.45) is 2.55. The topological polar surface area (TPSA) is 144 Å². The lowest BCUT2D eigenvalue weighted by Gasteiger charge is -2.51. The second kappa shape index (κ2) is 11.1. The first-order valence-electron chi connectivity index (χ1n) is 15.1. The number of aromatic hydroxyl groups is 1. The Morgan fingerprint density at radius 3 is 2.36 bits per heavy atom. The van der Waals surface area contributed by atoms with E-state index in [1.807, 2.05) is 6.07 Å². The molecule has 4 atom stereocenters. The number of aliphatic hydroxyl groups is 2. The molecule has 1 heterocycles. The number of hydrogen-bond acceptors (Lipinski definition) is 8. The number of allylic oxidation sites excluding steroid dienone is 2. The number of ketones is 2. The van der Waals surface area contributed by atoms with Gasteiger partial charge in [0.2, 0.25) is 0 Å². The minimum atomic E-state index is -1.67. The Bertz CT molecular complexity index is 1620. The minimum absolute atomic E-state index is 0.0299. The number of nitrogens with two attached hydrogens (primary N) is 1. The Hall–Kier alpha value is -3.66. The molecule has 3 aliphatic carbocycles. The number of phenols is 1. The Labute approximate surface area is 261 Å². The highest BCUT2D eigenvalue weighted by atomic mass is 35.5. The van der Waals surface area contributed by atoms with E-state index in [0.29, 0.717) is 23.0 Å². The minimum Gasteiger partial charge on any atom is -0.511 e. The van der Waals surface area contributed by atoms with Gasteiger partial charge in [0.1, 0.15) is 22.8 Å². The predicted octanol–water partition coefficient (Wildman–Crippen LogP) is 4.43. The van der Waals surface area contributed by atoms with Gasteiger partial charge < -0.3 is 21.1 Å². The first-order chi connectivity index (χ1) is 20.9. The van der Waals surface area contributed by atoms with Crippen LogP contribution < -0.4 is 5.73 Å². The van der Waals surface area contributed by atoms with Gasteiger partial charge in [-0.25, -0.2) is 0 Å². The van der Waals surface area contributed by atoms with E-state index >= 15 is 0 Å². The van der Waals surface area contributed by atoms with Crippen LogP contribution in [-0.2, 0) is 22.6 Å². The number of benzene rings is 2. The Balaban J connectivity index is 1.33. The standard InChI is InChI=1S/C34H38ClN3O6/c1-34-22(28(37(2)3)30(41)26(32(34)43)33(36)44)14-19-13-21-25(29(40)24(19)31(34)42)23(39)15-20(27(21)35)16-38-11-9-18(10-12-38)17-7-5-4-6-8-17/h4-8,15,18-19,22,28,39,41-42H,9-14,16H2,1-3H3,(H2,36,44)/t19-,22-,28-,34+/m0/s1. The average Bonchev–Trinajstić information content (AvgIpc) is 2.98. The molecule has 9 nitrogen and oxygen atoms in total. The number of fused-ring (bicyclic) bond motifs is 3. The number of rotatable bonds is 5. The zero-order chi connectivity index (χ0) is 31.7. The third-order valence-corrected chi connectivity index (χ3v) is 10.9. The van der Waals surface area contributed by atoms with Crippen LogP contribution in [-0.4, -0.2) is 75.8 Å². The van der Waals surface area contributed by atoms with Gasteiger partial charge in [0.25, 0.3) is 5.91 Å². The van der Waals surface area contributed by atoms with Crippen molar-refractivity contribution in [3.63, 3.8) is 0 Å². The van der Waals surface area contributed by atoms with Crippen molar-refractivity contribution < 1.29 is 29.7 Å². The highest BCUT2D eigenvalue weighted by Crippen LogP contribution is 2.57. The smallest absolute Gasteiger partial charge is 0.255 e. The number of nitrogens with zero attached hydrogens (tertiary/aromatic N) is 2. The summed E-state index contributed by atoms with van der Waals surface area (Å²) in [6, 6.07) is 11.2. The fourth-order valence-electron chi connectivity index (χ4n) is 8.16. The molecule has 0 spiro atoms. The summed E-state index contributed by atoms with van der Waals surface area (Å²) in [4.78, 5) is 43.9. The van der Waals surface area contributed by atoms with Crippen molar-refractivity contribution >= 4 is 29.1 Å². The second-order valence-electron chi connectivity index (χ2n) is 13.1. The first-order valence-corrected chi connectivity index (χ1v) is 15.5. The molecule has 232 valence electrons. The number of amides is 1. The van der Waals surface area contributed by atoms with Crippen molar-refractivity contribution in [3.8, 4) is 5.75 Å². The van der Waals surface area contributed by atoms with E-state index in [9.17, 15) is 29.7 Å². The third-order valence-electron chi connectivity index (χ3n) is 10.4. The van der Waals surface area contributed by atoms with Gasteiger partial charge in [-0.15, -0.1) is 0 Å². The molecule has 1 aliphatic heterocycles. The van der Waals surface area contributed by atoms with E-state index in [1.54, 1.807) is 19.0 Å². The maximum atomic E-state index is 14.0. The number of phenolic OH excluding ortho intramolecular Hbond substituents is 1. The van der Waals surface area contributed by atoms with Crippen LogP contribution in [0.4, 0.5) is 0 Å². The van der Waals surface area contributed by atoms with Crippen LogP contribution in [0.2, 0.25) is 5.02 Å². The quantitative estimate of drug-likeness (QED) is 0.360. The van der Waals surface area contributed by atoms with Crippen molar-refractivity contribution in [2.45, 2.75) is 51.1 Å². The van der Waals surface area contributed by atoms with E-state index < -0.39 is 57.9 Å². The van der Waals surface area contributed by atoms with Crippen LogP contribution in [0.1, 0.15) is 59.2 Å². The molecule has 10 heteroatoms. The molecule has 5 N–H and O–H groups in total. The predicted molar refractivity (Wildman–Crippen MR) is 166 cm³/mol. The Morgan fingerprint density at radius 2 is 1.75 bits per heavy atom. The largest absolute Gasteiger partial charge is 0.511 e. The number of hydrogen-bond donors (Lipinski definition) is 4. The molecule has 4 aliphatic rings. The number of primary amides is 1. The van der Waals surface area contributed by atoms with Crippen molar-refractivity contribution in [2.75, 3.05) is 27.2 Å². The SMILES string of the molecule is CN(C)[C@@H]1C(O)=C(C(N)=O)C(=O)[C@@]2(C)C(O)=C3C(=O)c4c(O)cc(CN5CCC(c6ccccc6)CC5)c(Cl)c4C[C@H]3C[C@@H]12. The number of carbonyl (C=O) groups is 3. The van der Waals surface area contributed by atoms with Gasteiger partial charge in [0.05, 0.1) is 17.0 Å². The van der Waals surface area contributed by atoms with Gasteiger partial charge >= 0.3 is 0 Å². The number of carbonyl (C=O) groups excluding carboxylic acids is 3. The van der Waals surface area contributed by atoms with Crippen molar-refractivity contribution in [3.05, 3.63) is 86.3 Å². The van der Waals surface area contributed by atoms with Crippen LogP contribution >= 0.6 is 11.6 Å². The monoisotopic (exact) mass is 619 g/mol. The van der Waals surface area contributed by atoms with E-state index in [1.165, 1.54) is 18.6 Å². The lowest BCUT2D eigenvalue weighted by Crippen LogP contribution is -2.58. The van der Waals surface area contributed by atoms with E-state index in [-0.39, 0.29) is 29.7 Å². The molecule has 0 saturated carbocycles. The Morgan fingerprint density at radius 1 is 1.09 bits per heavy atom. The lowest BCUT2D eigenvalue weighted by atomic mass is 9.54. The van der Waals surface area contributed by atoms with Gasteiger partial charge in [-0.1, -0.05) is 41.9 Å². The maximum absolute atomic E-state index is 14.0. The summed E-state index contributed by atoms with van der Waals surface area (Å²) in [5.74, 6) is -4.26. The summed E-state index contributed by atoms with van der Waals surface area (Å²) in [7, 11) is 3.41. The lowest BCUT2D eigenvalue weighted by molar-refractivity contribution is -0.134. The van der Waals surface area contributed by atoms with Gasteiger partial charge in [-0.3, -0.25) is 24.2 Å². The van der Waals surface area contributed by atoms with E-state index in [0.717, 1.165) is 31.5 Å². The van der Waals surface area contributed by atoms with E-state index in [2.05, 4.69) is 29.2 Å².